The van der Waals surface area contributed by atoms with Crippen molar-refractivity contribution in [3.63, 3.8) is 0 Å². The zero-order valence-electron chi connectivity index (χ0n) is 26.0. The minimum Gasteiger partial charge on any atom is -0.321 e. The first-order valence-electron chi connectivity index (χ1n) is 16.0. The molecular weight excluding hydrogens is 588 g/mol. The minimum absolute atomic E-state index is 0.193. The quantitative estimate of drug-likeness (QED) is 0.182. The van der Waals surface area contributed by atoms with Crippen LogP contribution < -0.4 is 5.32 Å². The van der Waals surface area contributed by atoms with Crippen LogP contribution in [0.3, 0.4) is 0 Å². The monoisotopic (exact) mass is 618 g/mol. The van der Waals surface area contributed by atoms with E-state index < -0.39 is 5.54 Å². The lowest BCUT2D eigenvalue weighted by Gasteiger charge is -2.39. The molecule has 228 valence electrons. The second-order valence-corrected chi connectivity index (χ2v) is 11.8. The predicted molar refractivity (Wildman–Crippen MR) is 192 cm³/mol. The van der Waals surface area contributed by atoms with E-state index in [2.05, 4.69) is 47.8 Å². The number of carbonyl (C=O) groups excluding carboxylic acids is 2. The Hall–Kier alpha value is -6.39. The number of hydrogen-bond acceptors (Lipinski definition) is 3. The van der Waals surface area contributed by atoms with Gasteiger partial charge in [0.05, 0.1) is 17.0 Å². The average Bonchev–Trinajstić information content (AvgIpc) is 3.54. The van der Waals surface area contributed by atoms with E-state index in [0.717, 1.165) is 44.7 Å². The molecule has 1 amide bonds. The molecule has 1 atom stereocenters. The Morgan fingerprint density at radius 1 is 0.521 bits per heavy atom. The first-order chi connectivity index (χ1) is 23.7. The average molecular weight is 619 g/mol. The molecular formula is C44H30N2O2. The number of allylic oxidation sites excluding steroid dienone is 1. The molecule has 8 rings (SSSR count). The van der Waals surface area contributed by atoms with Gasteiger partial charge in [0.2, 0.25) is 0 Å². The topological polar surface area (TPSA) is 58.5 Å². The molecule has 2 aliphatic rings. The Bertz CT molecular complexity index is 2260. The molecule has 1 aliphatic heterocycles. The van der Waals surface area contributed by atoms with Gasteiger partial charge in [0.1, 0.15) is 5.54 Å². The smallest absolute Gasteiger partial charge is 0.255 e. The summed E-state index contributed by atoms with van der Waals surface area (Å²) in [6, 6.07) is 56.8. The third kappa shape index (κ3) is 4.74. The highest BCUT2D eigenvalue weighted by molar-refractivity contribution is 6.38. The van der Waals surface area contributed by atoms with Crippen LogP contribution in [-0.4, -0.2) is 17.4 Å². The van der Waals surface area contributed by atoms with Crippen molar-refractivity contribution >= 4 is 28.7 Å². The van der Waals surface area contributed by atoms with Crippen molar-refractivity contribution in [3.05, 3.63) is 226 Å². The summed E-state index contributed by atoms with van der Waals surface area (Å²) in [6.45, 7) is 0. The number of Topliss-reactive ketones (excluding diaryl/α,β-unsaturated/α-hetero) is 1. The van der Waals surface area contributed by atoms with Crippen LogP contribution in [0.25, 0.3) is 11.3 Å². The summed E-state index contributed by atoms with van der Waals surface area (Å²) in [5.74, 6) is -0.489. The highest BCUT2D eigenvalue weighted by Crippen LogP contribution is 2.57. The molecule has 0 spiro atoms. The number of nitrogens with one attached hydrogen (secondary N) is 1. The van der Waals surface area contributed by atoms with Gasteiger partial charge < -0.3 is 5.32 Å². The molecule has 48 heavy (non-hydrogen) atoms. The number of benzene rings is 6. The van der Waals surface area contributed by atoms with Gasteiger partial charge >= 0.3 is 0 Å². The van der Waals surface area contributed by atoms with E-state index in [9.17, 15) is 4.79 Å². The van der Waals surface area contributed by atoms with Crippen LogP contribution in [0.5, 0.6) is 0 Å². The first-order valence-corrected chi connectivity index (χ1v) is 16.0. The lowest BCUT2D eigenvalue weighted by Crippen LogP contribution is -2.37. The van der Waals surface area contributed by atoms with Gasteiger partial charge in [-0.1, -0.05) is 164 Å². The minimum atomic E-state index is -1.09. The van der Waals surface area contributed by atoms with Crippen LogP contribution in [0.4, 0.5) is 0 Å². The van der Waals surface area contributed by atoms with Gasteiger partial charge in [-0.05, 0) is 28.8 Å². The fourth-order valence-corrected chi connectivity index (χ4v) is 6.96. The second kappa shape index (κ2) is 12.1. The molecule has 6 aromatic rings. The van der Waals surface area contributed by atoms with Crippen molar-refractivity contribution in [2.75, 3.05) is 0 Å². The number of amides is 1. The zero-order chi connectivity index (χ0) is 32.5. The van der Waals surface area contributed by atoms with Crippen molar-refractivity contribution < 1.29 is 9.59 Å². The summed E-state index contributed by atoms with van der Waals surface area (Å²) in [5.41, 5.74) is 7.63. The Labute approximate surface area is 279 Å². The summed E-state index contributed by atoms with van der Waals surface area (Å²) >= 11 is 0. The fourth-order valence-electron chi connectivity index (χ4n) is 6.96. The Kier molecular flexibility index (Phi) is 7.31. The molecule has 0 fully saturated rings. The molecule has 4 nitrogen and oxygen atoms in total. The summed E-state index contributed by atoms with van der Waals surface area (Å²) in [7, 11) is 0. The normalized spacial score (nSPS) is 16.5. The van der Waals surface area contributed by atoms with Crippen molar-refractivity contribution in [3.8, 4) is 0 Å². The van der Waals surface area contributed by atoms with Gasteiger partial charge in [0, 0.05) is 33.4 Å². The first kappa shape index (κ1) is 29.0. The SMILES string of the molecule is O=C(NC1=C(C(=O)c2ccccc2)C2=C(c3ccccc3)C(c3ccccc3)=NC2(c2ccccc2)c2ccccc21)c1ccccc1. The summed E-state index contributed by atoms with van der Waals surface area (Å²) in [4.78, 5) is 34.9. The number of carbonyl (C=O) groups is 2. The van der Waals surface area contributed by atoms with E-state index in [0.29, 0.717) is 22.4 Å². The summed E-state index contributed by atoms with van der Waals surface area (Å²) in [5, 5.41) is 3.23. The molecule has 1 heterocycles. The molecule has 0 saturated carbocycles. The van der Waals surface area contributed by atoms with Gasteiger partial charge in [-0.2, -0.15) is 0 Å². The zero-order valence-corrected chi connectivity index (χ0v) is 26.0. The predicted octanol–water partition coefficient (Wildman–Crippen LogP) is 8.92. The van der Waals surface area contributed by atoms with Crippen molar-refractivity contribution in [1.29, 1.82) is 0 Å². The van der Waals surface area contributed by atoms with Crippen LogP contribution in [-0.2, 0) is 5.54 Å². The third-order valence-electron chi connectivity index (χ3n) is 9.05. The lowest BCUT2D eigenvalue weighted by atomic mass is 9.66. The second-order valence-electron chi connectivity index (χ2n) is 11.8. The van der Waals surface area contributed by atoms with Crippen LogP contribution >= 0.6 is 0 Å². The highest BCUT2D eigenvalue weighted by Gasteiger charge is 2.53. The summed E-state index contributed by atoms with van der Waals surface area (Å²) in [6.07, 6.45) is 0. The Morgan fingerprint density at radius 2 is 1.02 bits per heavy atom. The van der Waals surface area contributed by atoms with Crippen molar-refractivity contribution in [2.24, 2.45) is 4.99 Å². The summed E-state index contributed by atoms with van der Waals surface area (Å²) < 4.78 is 0. The van der Waals surface area contributed by atoms with Gasteiger partial charge in [0.15, 0.2) is 5.78 Å². The van der Waals surface area contributed by atoms with E-state index in [1.54, 1.807) is 12.1 Å². The standard InChI is InChI=1S/C44H30N2O2/c47-42(32-22-10-3-11-23-32)38-39-37(30-18-6-1-7-19-30)40(31-20-8-2-9-21-31)46-44(39,34-26-14-5-15-27-34)36-29-17-16-28-35(36)41(38)45-43(48)33-24-12-4-13-25-33/h1-29H,(H,45,48). The molecule has 0 saturated heterocycles. The van der Waals surface area contributed by atoms with E-state index in [-0.39, 0.29) is 11.7 Å². The molecule has 4 heteroatoms. The molecule has 6 aromatic carbocycles. The molecule has 0 aromatic heterocycles. The van der Waals surface area contributed by atoms with Crippen LogP contribution in [0, 0.1) is 0 Å². The van der Waals surface area contributed by atoms with Crippen LogP contribution in [0.1, 0.15) is 48.5 Å². The van der Waals surface area contributed by atoms with Gasteiger partial charge in [-0.25, -0.2) is 0 Å². The maximum Gasteiger partial charge on any atom is 0.255 e. The maximum atomic E-state index is 15.2. The maximum absolute atomic E-state index is 15.2. The highest BCUT2D eigenvalue weighted by atomic mass is 16.2. The Balaban J connectivity index is 1.55. The van der Waals surface area contributed by atoms with Gasteiger partial charge in [-0.15, -0.1) is 0 Å². The van der Waals surface area contributed by atoms with Gasteiger partial charge in [0.25, 0.3) is 5.91 Å². The molecule has 0 radical (unpaired) electrons. The largest absolute Gasteiger partial charge is 0.321 e. The third-order valence-corrected chi connectivity index (χ3v) is 9.05. The molecule has 1 aliphatic carbocycles. The molecule has 1 N–H and O–H groups in total. The number of hydrogen-bond donors (Lipinski definition) is 1. The van der Waals surface area contributed by atoms with E-state index in [4.69, 9.17) is 4.99 Å². The Morgan fingerprint density at radius 3 is 1.65 bits per heavy atom. The number of rotatable bonds is 7. The number of aliphatic imine (C=N–C) groups is 1. The van der Waals surface area contributed by atoms with E-state index in [1.165, 1.54) is 0 Å². The molecule has 1 unspecified atom stereocenters. The number of nitrogens with zero attached hydrogens (tertiary/aromatic N) is 1. The van der Waals surface area contributed by atoms with Crippen LogP contribution in [0.2, 0.25) is 0 Å². The molecule has 0 bridgehead atoms. The van der Waals surface area contributed by atoms with Crippen LogP contribution in [0.15, 0.2) is 192 Å². The van der Waals surface area contributed by atoms with Crippen molar-refractivity contribution in [1.82, 2.24) is 5.32 Å². The number of ketones is 1. The van der Waals surface area contributed by atoms with Gasteiger partial charge in [-0.3, -0.25) is 14.6 Å². The van der Waals surface area contributed by atoms with E-state index >= 15 is 4.79 Å². The number of fused-ring (bicyclic) bond motifs is 3. The lowest BCUT2D eigenvalue weighted by molar-refractivity contribution is 0.0973. The fraction of sp³-hybridized carbons (Fsp3) is 0.0227. The van der Waals surface area contributed by atoms with Crippen molar-refractivity contribution in [2.45, 2.75) is 5.54 Å². The van der Waals surface area contributed by atoms with E-state index in [1.807, 2.05) is 121 Å².